The van der Waals surface area contributed by atoms with Gasteiger partial charge in [-0.05, 0) is 43.9 Å². The maximum Gasteiger partial charge on any atom is 0.313 e. The Morgan fingerprint density at radius 2 is 1.71 bits per heavy atom. The van der Waals surface area contributed by atoms with E-state index in [1.165, 1.54) is 18.2 Å². The van der Waals surface area contributed by atoms with Crippen molar-refractivity contribution in [3.05, 3.63) is 30.1 Å². The SMILES string of the molecule is CC(C)(C)CC(C)(C)NC(=O)C(=O)Nc1cccc(F)c1. The fraction of sp³-hybridized carbons (Fsp3) is 0.500. The Bertz CT molecular complexity index is 533. The van der Waals surface area contributed by atoms with Crippen molar-refractivity contribution in [3.63, 3.8) is 0 Å². The first-order valence-electron chi connectivity index (χ1n) is 6.88. The van der Waals surface area contributed by atoms with Crippen LogP contribution in [0.15, 0.2) is 24.3 Å². The van der Waals surface area contributed by atoms with Crippen LogP contribution in [0, 0.1) is 11.2 Å². The molecule has 0 bridgehead atoms. The smallest absolute Gasteiger partial charge is 0.313 e. The van der Waals surface area contributed by atoms with Crippen molar-refractivity contribution < 1.29 is 14.0 Å². The highest BCUT2D eigenvalue weighted by atomic mass is 19.1. The Morgan fingerprint density at radius 1 is 1.10 bits per heavy atom. The molecule has 2 N–H and O–H groups in total. The molecule has 0 aliphatic heterocycles. The van der Waals surface area contributed by atoms with Gasteiger partial charge in [0.1, 0.15) is 5.82 Å². The molecule has 0 atom stereocenters. The number of carbonyl (C=O) groups is 2. The maximum absolute atomic E-state index is 13.0. The van der Waals surface area contributed by atoms with Gasteiger partial charge < -0.3 is 10.6 Å². The van der Waals surface area contributed by atoms with Gasteiger partial charge in [-0.1, -0.05) is 26.8 Å². The lowest BCUT2D eigenvalue weighted by Gasteiger charge is -2.33. The summed E-state index contributed by atoms with van der Waals surface area (Å²) >= 11 is 0. The Morgan fingerprint density at radius 3 is 2.24 bits per heavy atom. The van der Waals surface area contributed by atoms with Crippen molar-refractivity contribution in [1.29, 1.82) is 0 Å². The summed E-state index contributed by atoms with van der Waals surface area (Å²) in [6.07, 6.45) is 0.721. The number of hydrogen-bond acceptors (Lipinski definition) is 2. The van der Waals surface area contributed by atoms with Crippen molar-refractivity contribution >= 4 is 17.5 Å². The Kier molecular flexibility index (Phi) is 5.10. The summed E-state index contributed by atoms with van der Waals surface area (Å²) in [5, 5.41) is 5.08. The molecular weight excluding hydrogens is 271 g/mol. The van der Waals surface area contributed by atoms with Crippen LogP contribution in [0.5, 0.6) is 0 Å². The van der Waals surface area contributed by atoms with E-state index in [4.69, 9.17) is 0 Å². The summed E-state index contributed by atoms with van der Waals surface area (Å²) < 4.78 is 13.0. The van der Waals surface area contributed by atoms with Crippen LogP contribution in [0.3, 0.4) is 0 Å². The summed E-state index contributed by atoms with van der Waals surface area (Å²) in [5.41, 5.74) is -0.228. The summed E-state index contributed by atoms with van der Waals surface area (Å²) in [6, 6.07) is 5.41. The summed E-state index contributed by atoms with van der Waals surface area (Å²) in [7, 11) is 0. The minimum atomic E-state index is -0.803. The minimum absolute atomic E-state index is 0.0236. The monoisotopic (exact) mass is 294 g/mol. The standard InChI is InChI=1S/C16H23FN2O2/c1-15(2,3)10-16(4,5)19-14(21)13(20)18-12-8-6-7-11(17)9-12/h6-9H,10H2,1-5H3,(H,18,20)(H,19,21). The molecule has 5 heteroatoms. The molecule has 0 unspecified atom stereocenters. The van der Waals surface area contributed by atoms with E-state index in [0.717, 1.165) is 12.5 Å². The van der Waals surface area contributed by atoms with Gasteiger partial charge in [0.15, 0.2) is 0 Å². The van der Waals surface area contributed by atoms with Crippen LogP contribution < -0.4 is 10.6 Å². The molecule has 0 spiro atoms. The molecule has 0 aliphatic rings. The average molecular weight is 294 g/mol. The van der Waals surface area contributed by atoms with E-state index in [1.807, 2.05) is 13.8 Å². The fourth-order valence-corrected chi connectivity index (χ4v) is 2.49. The average Bonchev–Trinajstić information content (AvgIpc) is 2.24. The number of rotatable bonds is 3. The summed E-state index contributed by atoms with van der Waals surface area (Å²) in [4.78, 5) is 23.7. The van der Waals surface area contributed by atoms with E-state index in [9.17, 15) is 14.0 Å². The highest BCUT2D eigenvalue weighted by Gasteiger charge is 2.29. The maximum atomic E-state index is 13.0. The third kappa shape index (κ3) is 6.38. The molecule has 1 rings (SSSR count). The predicted octanol–water partition coefficient (Wildman–Crippen LogP) is 3.10. The van der Waals surface area contributed by atoms with Crippen molar-refractivity contribution in [2.24, 2.45) is 5.41 Å². The topological polar surface area (TPSA) is 58.2 Å². The normalized spacial score (nSPS) is 11.9. The van der Waals surface area contributed by atoms with Crippen LogP contribution in [-0.2, 0) is 9.59 Å². The predicted molar refractivity (Wildman–Crippen MR) is 81.3 cm³/mol. The molecule has 1 aromatic rings. The molecule has 0 radical (unpaired) electrons. The van der Waals surface area contributed by atoms with Crippen LogP contribution in [-0.4, -0.2) is 17.4 Å². The highest BCUT2D eigenvalue weighted by Crippen LogP contribution is 2.26. The second-order valence-corrected chi connectivity index (χ2v) is 7.04. The first-order chi connectivity index (χ1) is 9.48. The zero-order valence-corrected chi connectivity index (χ0v) is 13.2. The van der Waals surface area contributed by atoms with Crippen molar-refractivity contribution in [3.8, 4) is 0 Å². The number of amides is 2. The van der Waals surface area contributed by atoms with E-state index in [-0.39, 0.29) is 11.1 Å². The molecule has 4 nitrogen and oxygen atoms in total. The van der Waals surface area contributed by atoms with Gasteiger partial charge in [-0.3, -0.25) is 9.59 Å². The fourth-order valence-electron chi connectivity index (χ4n) is 2.49. The molecule has 1 aromatic carbocycles. The third-order valence-corrected chi connectivity index (χ3v) is 2.71. The van der Waals surface area contributed by atoms with Crippen LogP contribution in [0.4, 0.5) is 10.1 Å². The molecule has 116 valence electrons. The van der Waals surface area contributed by atoms with E-state index in [0.29, 0.717) is 0 Å². The van der Waals surface area contributed by atoms with E-state index in [2.05, 4.69) is 31.4 Å². The highest BCUT2D eigenvalue weighted by molar-refractivity contribution is 6.39. The van der Waals surface area contributed by atoms with Crippen LogP contribution >= 0.6 is 0 Å². The molecular formula is C16H23FN2O2. The molecule has 0 aromatic heterocycles. The zero-order valence-electron chi connectivity index (χ0n) is 13.2. The van der Waals surface area contributed by atoms with E-state index in [1.54, 1.807) is 0 Å². The molecule has 0 aliphatic carbocycles. The van der Waals surface area contributed by atoms with Gasteiger partial charge in [0, 0.05) is 11.2 Å². The van der Waals surface area contributed by atoms with Crippen LogP contribution in [0.2, 0.25) is 0 Å². The Balaban J connectivity index is 2.65. The summed E-state index contributed by atoms with van der Waals surface area (Å²) in [5.74, 6) is -2.00. The first kappa shape index (κ1) is 17.1. The number of hydrogen-bond donors (Lipinski definition) is 2. The minimum Gasteiger partial charge on any atom is -0.343 e. The number of anilines is 1. The van der Waals surface area contributed by atoms with Gasteiger partial charge >= 0.3 is 11.8 Å². The van der Waals surface area contributed by atoms with Crippen molar-refractivity contribution in [2.45, 2.75) is 46.6 Å². The molecule has 0 heterocycles. The lowest BCUT2D eigenvalue weighted by molar-refractivity contribution is -0.137. The lowest BCUT2D eigenvalue weighted by atomic mass is 9.82. The number of nitrogens with one attached hydrogen (secondary N) is 2. The Hall–Kier alpha value is -1.91. The van der Waals surface area contributed by atoms with Crippen LogP contribution in [0.25, 0.3) is 0 Å². The van der Waals surface area contributed by atoms with Crippen molar-refractivity contribution in [1.82, 2.24) is 5.32 Å². The number of halogens is 1. The largest absolute Gasteiger partial charge is 0.343 e. The van der Waals surface area contributed by atoms with Gasteiger partial charge in [-0.25, -0.2) is 4.39 Å². The lowest BCUT2D eigenvalue weighted by Crippen LogP contribution is -2.49. The van der Waals surface area contributed by atoms with Gasteiger partial charge in [-0.2, -0.15) is 0 Å². The third-order valence-electron chi connectivity index (χ3n) is 2.71. The number of carbonyl (C=O) groups excluding carboxylic acids is 2. The second-order valence-electron chi connectivity index (χ2n) is 7.04. The molecule has 21 heavy (non-hydrogen) atoms. The van der Waals surface area contributed by atoms with Crippen molar-refractivity contribution in [2.75, 3.05) is 5.32 Å². The van der Waals surface area contributed by atoms with E-state index >= 15 is 0 Å². The van der Waals surface area contributed by atoms with Gasteiger partial charge in [0.05, 0.1) is 0 Å². The number of benzene rings is 1. The second kappa shape index (κ2) is 6.24. The summed E-state index contributed by atoms with van der Waals surface area (Å²) in [6.45, 7) is 9.92. The zero-order chi connectivity index (χ0) is 16.3. The van der Waals surface area contributed by atoms with Gasteiger partial charge in [-0.15, -0.1) is 0 Å². The molecule has 2 amide bonds. The van der Waals surface area contributed by atoms with Gasteiger partial charge in [0.2, 0.25) is 0 Å². The molecule has 0 fully saturated rings. The molecule has 0 saturated carbocycles. The van der Waals surface area contributed by atoms with Crippen LogP contribution in [0.1, 0.15) is 41.0 Å². The quantitative estimate of drug-likeness (QED) is 0.842. The first-order valence-corrected chi connectivity index (χ1v) is 6.88. The van der Waals surface area contributed by atoms with E-state index < -0.39 is 23.2 Å². The van der Waals surface area contributed by atoms with Gasteiger partial charge in [0.25, 0.3) is 0 Å². The molecule has 0 saturated heterocycles. The Labute approximate surface area is 125 Å².